The van der Waals surface area contributed by atoms with Gasteiger partial charge in [0.2, 0.25) is 10.0 Å². The highest BCUT2D eigenvalue weighted by Gasteiger charge is 2.28. The number of nitrogens with one attached hydrogen (secondary N) is 1. The van der Waals surface area contributed by atoms with Crippen LogP contribution in [0.2, 0.25) is 0 Å². The highest BCUT2D eigenvalue weighted by molar-refractivity contribution is 7.90. The third-order valence-corrected chi connectivity index (χ3v) is 8.13. The Labute approximate surface area is 186 Å². The molecule has 1 atom stereocenters. The van der Waals surface area contributed by atoms with Crippen molar-refractivity contribution in [2.24, 2.45) is 5.92 Å². The predicted molar refractivity (Wildman–Crippen MR) is 118 cm³/mol. The second-order valence-electron chi connectivity index (χ2n) is 7.83. The van der Waals surface area contributed by atoms with E-state index in [9.17, 15) is 31.7 Å². The molecule has 0 radical (unpaired) electrons. The van der Waals surface area contributed by atoms with Gasteiger partial charge >= 0.3 is 0 Å². The molecule has 0 aliphatic carbocycles. The second kappa shape index (κ2) is 8.96. The fourth-order valence-electron chi connectivity index (χ4n) is 3.46. The number of nitro benzene ring substituents is 1. The van der Waals surface area contributed by atoms with Crippen LogP contribution in [0.25, 0.3) is 0 Å². The minimum atomic E-state index is -3.78. The molecule has 2 aromatic rings. The first kappa shape index (κ1) is 23.8. The van der Waals surface area contributed by atoms with Crippen LogP contribution in [0, 0.1) is 16.0 Å². The Bertz CT molecular complexity index is 1260. The van der Waals surface area contributed by atoms with Gasteiger partial charge in [-0.25, -0.2) is 16.8 Å². The van der Waals surface area contributed by atoms with Crippen molar-refractivity contribution in [1.29, 1.82) is 0 Å². The summed E-state index contributed by atoms with van der Waals surface area (Å²) < 4.78 is 50.7. The van der Waals surface area contributed by atoms with Gasteiger partial charge < -0.3 is 5.32 Å². The molecule has 1 unspecified atom stereocenters. The van der Waals surface area contributed by atoms with Crippen molar-refractivity contribution in [3.8, 4) is 0 Å². The first-order chi connectivity index (χ1) is 14.9. The first-order valence-corrected chi connectivity index (χ1v) is 13.1. The molecule has 0 bridgehead atoms. The van der Waals surface area contributed by atoms with Crippen LogP contribution in [0.3, 0.4) is 0 Å². The zero-order chi connectivity index (χ0) is 23.7. The number of nitrogens with zero attached hydrogens (tertiary/aromatic N) is 2. The van der Waals surface area contributed by atoms with E-state index in [2.05, 4.69) is 5.32 Å². The third-order valence-electron chi connectivity index (χ3n) is 5.16. The SMILES string of the molecule is CC1CCCN(S(=O)(=O)c2ccc(NC(=O)c3cc([N+](=O)[O-])cc(S(C)(=O)=O)c3)cc2)C1. The predicted octanol–water partition coefficient (Wildman–Crippen LogP) is 2.67. The Kier molecular flexibility index (Phi) is 6.67. The summed E-state index contributed by atoms with van der Waals surface area (Å²) in [7, 11) is -7.43. The highest BCUT2D eigenvalue weighted by Crippen LogP contribution is 2.25. The van der Waals surface area contributed by atoms with Gasteiger partial charge in [0.1, 0.15) is 0 Å². The van der Waals surface area contributed by atoms with Crippen LogP contribution in [0.4, 0.5) is 11.4 Å². The number of nitro groups is 1. The van der Waals surface area contributed by atoms with Gasteiger partial charge in [0, 0.05) is 42.7 Å². The minimum absolute atomic E-state index is 0.0966. The van der Waals surface area contributed by atoms with Crippen molar-refractivity contribution in [1.82, 2.24) is 4.31 Å². The van der Waals surface area contributed by atoms with Gasteiger partial charge in [0.15, 0.2) is 9.84 Å². The number of sulfonamides is 1. The van der Waals surface area contributed by atoms with E-state index in [1.807, 2.05) is 6.92 Å². The summed E-state index contributed by atoms with van der Waals surface area (Å²) in [5.74, 6) is -0.483. The standard InChI is InChI=1S/C20H23N3O7S2/c1-14-4-3-9-22(13-14)32(29,30)18-7-5-16(6-8-18)21-20(24)15-10-17(23(25)26)12-19(11-15)31(2,27)28/h5-8,10-12,14H,3-4,9,13H2,1-2H3,(H,21,24). The maximum absolute atomic E-state index is 12.8. The van der Waals surface area contributed by atoms with E-state index < -0.39 is 36.4 Å². The monoisotopic (exact) mass is 481 g/mol. The number of piperidine rings is 1. The number of non-ortho nitro benzene ring substituents is 1. The van der Waals surface area contributed by atoms with Gasteiger partial charge in [0.25, 0.3) is 11.6 Å². The number of hydrogen-bond acceptors (Lipinski definition) is 7. The molecule has 12 heteroatoms. The lowest BCUT2D eigenvalue weighted by Gasteiger charge is -2.30. The van der Waals surface area contributed by atoms with E-state index in [1.54, 1.807) is 0 Å². The Morgan fingerprint density at radius 3 is 2.31 bits per heavy atom. The minimum Gasteiger partial charge on any atom is -0.322 e. The molecule has 0 spiro atoms. The molecular weight excluding hydrogens is 458 g/mol. The number of hydrogen-bond donors (Lipinski definition) is 1. The van der Waals surface area contributed by atoms with Crippen LogP contribution < -0.4 is 5.32 Å². The number of amides is 1. The molecule has 172 valence electrons. The van der Waals surface area contributed by atoms with Crippen molar-refractivity contribution in [3.63, 3.8) is 0 Å². The second-order valence-corrected chi connectivity index (χ2v) is 11.8. The highest BCUT2D eigenvalue weighted by atomic mass is 32.2. The van der Waals surface area contributed by atoms with E-state index in [1.165, 1.54) is 28.6 Å². The molecule has 1 N–H and O–H groups in total. The van der Waals surface area contributed by atoms with Crippen molar-refractivity contribution in [2.45, 2.75) is 29.6 Å². The van der Waals surface area contributed by atoms with Gasteiger partial charge in [-0.2, -0.15) is 4.31 Å². The Morgan fingerprint density at radius 1 is 1.09 bits per heavy atom. The zero-order valence-corrected chi connectivity index (χ0v) is 19.1. The lowest BCUT2D eigenvalue weighted by molar-refractivity contribution is -0.385. The van der Waals surface area contributed by atoms with Crippen LogP contribution in [-0.2, 0) is 19.9 Å². The summed E-state index contributed by atoms with van der Waals surface area (Å²) in [6.07, 6.45) is 2.67. The lowest BCUT2D eigenvalue weighted by atomic mass is 10.0. The molecule has 1 aliphatic rings. The van der Waals surface area contributed by atoms with Gasteiger partial charge in [0.05, 0.1) is 14.7 Å². The molecule has 1 fully saturated rings. The first-order valence-electron chi connectivity index (χ1n) is 9.79. The molecule has 1 amide bonds. The van der Waals surface area contributed by atoms with Crippen LogP contribution in [0.1, 0.15) is 30.1 Å². The molecule has 1 aliphatic heterocycles. The summed E-state index contributed by atoms with van der Waals surface area (Å²) in [5.41, 5.74) is -0.484. The maximum atomic E-state index is 12.8. The molecule has 1 saturated heterocycles. The Morgan fingerprint density at radius 2 is 1.75 bits per heavy atom. The van der Waals surface area contributed by atoms with Crippen LogP contribution in [0.5, 0.6) is 0 Å². The van der Waals surface area contributed by atoms with Crippen molar-refractivity contribution in [2.75, 3.05) is 24.7 Å². The maximum Gasteiger partial charge on any atom is 0.271 e. The smallest absolute Gasteiger partial charge is 0.271 e. The largest absolute Gasteiger partial charge is 0.322 e. The average Bonchev–Trinajstić information content (AvgIpc) is 2.73. The summed E-state index contributed by atoms with van der Waals surface area (Å²) >= 11 is 0. The molecule has 10 nitrogen and oxygen atoms in total. The van der Waals surface area contributed by atoms with Gasteiger partial charge in [-0.05, 0) is 49.1 Å². The molecule has 1 heterocycles. The average molecular weight is 482 g/mol. The molecule has 0 aromatic heterocycles. The normalized spacial score (nSPS) is 17.6. The fraction of sp³-hybridized carbons (Fsp3) is 0.350. The summed E-state index contributed by atoms with van der Waals surface area (Å²) in [5, 5.41) is 13.6. The van der Waals surface area contributed by atoms with Gasteiger partial charge in [-0.15, -0.1) is 0 Å². The molecular formula is C20H23N3O7S2. The number of benzene rings is 2. The number of anilines is 1. The summed E-state index contributed by atoms with van der Waals surface area (Å²) in [6, 6.07) is 8.47. The molecule has 3 rings (SSSR count). The van der Waals surface area contributed by atoms with E-state index >= 15 is 0 Å². The molecule has 0 saturated carbocycles. The van der Waals surface area contributed by atoms with E-state index in [0.29, 0.717) is 13.1 Å². The summed E-state index contributed by atoms with van der Waals surface area (Å²) in [6.45, 7) is 2.92. The van der Waals surface area contributed by atoms with Crippen molar-refractivity contribution >= 4 is 37.1 Å². The zero-order valence-electron chi connectivity index (χ0n) is 17.5. The lowest BCUT2D eigenvalue weighted by Crippen LogP contribution is -2.39. The Balaban J connectivity index is 1.82. The topological polar surface area (TPSA) is 144 Å². The van der Waals surface area contributed by atoms with Crippen molar-refractivity contribution in [3.05, 3.63) is 58.1 Å². The summed E-state index contributed by atoms with van der Waals surface area (Å²) in [4.78, 5) is 22.7. The van der Waals surface area contributed by atoms with Gasteiger partial charge in [-0.1, -0.05) is 6.92 Å². The van der Waals surface area contributed by atoms with Gasteiger partial charge in [-0.3, -0.25) is 14.9 Å². The van der Waals surface area contributed by atoms with Crippen molar-refractivity contribution < 1.29 is 26.6 Å². The van der Waals surface area contributed by atoms with E-state index in [4.69, 9.17) is 0 Å². The van der Waals surface area contributed by atoms with E-state index in [0.717, 1.165) is 37.3 Å². The van der Waals surface area contributed by atoms with Crippen LogP contribution in [-0.4, -0.2) is 51.3 Å². The molecule has 2 aromatic carbocycles. The number of carbonyl (C=O) groups is 1. The number of carbonyl (C=O) groups excluding carboxylic acids is 1. The third kappa shape index (κ3) is 5.31. The molecule has 32 heavy (non-hydrogen) atoms. The number of sulfone groups is 1. The fourth-order valence-corrected chi connectivity index (χ4v) is 5.74. The van der Waals surface area contributed by atoms with E-state index in [-0.39, 0.29) is 27.0 Å². The van der Waals surface area contributed by atoms with Crippen LogP contribution >= 0.6 is 0 Å². The Hall–Kier alpha value is -2.83. The number of rotatable bonds is 6. The van der Waals surface area contributed by atoms with Crippen LogP contribution in [0.15, 0.2) is 52.3 Å². The quantitative estimate of drug-likeness (QED) is 0.493.